The molecule has 0 saturated carbocycles. The van der Waals surface area contributed by atoms with Crippen molar-refractivity contribution in [1.29, 1.82) is 0 Å². The van der Waals surface area contributed by atoms with Crippen LogP contribution < -0.4 is 29.6 Å². The van der Waals surface area contributed by atoms with E-state index in [2.05, 4.69) is 10.2 Å². The van der Waals surface area contributed by atoms with Crippen LogP contribution in [-0.2, 0) is 10.1 Å². The molecular weight excluding hydrogens is 291 g/mol. The molecule has 2 aromatic rings. The summed E-state index contributed by atoms with van der Waals surface area (Å²) < 4.78 is 32.2. The molecule has 0 spiro atoms. The summed E-state index contributed by atoms with van der Waals surface area (Å²) in [5, 5.41) is 16.9. The third kappa shape index (κ3) is 4.69. The van der Waals surface area contributed by atoms with Crippen molar-refractivity contribution in [1.82, 2.24) is 0 Å². The number of hydrogen-bond acceptors (Lipinski definition) is 6. The number of phenolic OH excluding ortho intramolecular Hbond substituents is 1. The molecule has 98 valence electrons. The summed E-state index contributed by atoms with van der Waals surface area (Å²) >= 11 is 0. The maximum absolute atomic E-state index is 10.7. The van der Waals surface area contributed by atoms with Crippen LogP contribution in [0.3, 0.4) is 0 Å². The Labute approximate surface area is 138 Å². The maximum Gasteiger partial charge on any atom is 1.00 e. The van der Waals surface area contributed by atoms with Crippen LogP contribution in [-0.4, -0.2) is 18.1 Å². The molecule has 0 fully saturated rings. The molecule has 0 aliphatic carbocycles. The summed E-state index contributed by atoms with van der Waals surface area (Å²) in [5.74, 6) is 0.129. The first kappa shape index (κ1) is 16.8. The van der Waals surface area contributed by atoms with Crippen molar-refractivity contribution in [2.75, 3.05) is 0 Å². The third-order valence-electron chi connectivity index (χ3n) is 2.26. The fourth-order valence-electron chi connectivity index (χ4n) is 1.31. The molecule has 0 atom stereocenters. The van der Waals surface area contributed by atoms with Crippen LogP contribution in [0.1, 0.15) is 0 Å². The molecule has 0 bridgehead atoms. The van der Waals surface area contributed by atoms with Crippen LogP contribution in [0.5, 0.6) is 5.75 Å². The average molecular weight is 300 g/mol. The van der Waals surface area contributed by atoms with Gasteiger partial charge in [0, 0.05) is 0 Å². The Morgan fingerprint density at radius 3 is 1.65 bits per heavy atom. The van der Waals surface area contributed by atoms with Gasteiger partial charge in [-0.3, -0.25) is 0 Å². The van der Waals surface area contributed by atoms with Gasteiger partial charge in [0.15, 0.2) is 0 Å². The molecule has 0 amide bonds. The van der Waals surface area contributed by atoms with Gasteiger partial charge in [0.25, 0.3) is 0 Å². The van der Waals surface area contributed by atoms with Gasteiger partial charge in [0.05, 0.1) is 16.3 Å². The molecule has 0 aromatic heterocycles. The van der Waals surface area contributed by atoms with Crippen molar-refractivity contribution in [2.45, 2.75) is 4.90 Å². The van der Waals surface area contributed by atoms with Gasteiger partial charge in [0.1, 0.15) is 15.9 Å². The molecule has 0 heterocycles. The first-order valence-corrected chi connectivity index (χ1v) is 6.63. The summed E-state index contributed by atoms with van der Waals surface area (Å²) in [4.78, 5) is -0.309. The van der Waals surface area contributed by atoms with Gasteiger partial charge in [-0.05, 0) is 48.5 Å². The standard InChI is InChI=1S/C12H10N2O4S.Na/c15-11-5-1-9(2-6-11)13-14-10-3-7-12(8-4-10)19(16,17)18;/h1-8,15H,(H,16,17,18);/q;+1/p-1/b14-13+;. The number of nitrogens with zero attached hydrogens (tertiary/aromatic N) is 2. The molecule has 2 aromatic carbocycles. The number of rotatable bonds is 3. The normalized spacial score (nSPS) is 11.2. The summed E-state index contributed by atoms with van der Waals surface area (Å²) in [6, 6.07) is 11.2. The quantitative estimate of drug-likeness (QED) is 0.478. The Balaban J connectivity index is 0.00000200. The Morgan fingerprint density at radius 2 is 1.25 bits per heavy atom. The summed E-state index contributed by atoms with van der Waals surface area (Å²) in [7, 11) is -4.44. The third-order valence-corrected chi connectivity index (χ3v) is 3.11. The van der Waals surface area contributed by atoms with E-state index >= 15 is 0 Å². The zero-order valence-electron chi connectivity index (χ0n) is 10.6. The molecule has 0 radical (unpaired) electrons. The topological polar surface area (TPSA) is 102 Å². The van der Waals surface area contributed by atoms with Crippen LogP contribution in [0.25, 0.3) is 0 Å². The van der Waals surface area contributed by atoms with E-state index in [1.807, 2.05) is 0 Å². The van der Waals surface area contributed by atoms with E-state index in [9.17, 15) is 13.0 Å². The average Bonchev–Trinajstić information content (AvgIpc) is 2.37. The Kier molecular flexibility index (Phi) is 5.85. The second kappa shape index (κ2) is 6.96. The SMILES string of the molecule is O=S(=O)([O-])c1ccc(/N=N/c2ccc(O)cc2)cc1.[Na+]. The molecule has 0 saturated heterocycles. The van der Waals surface area contributed by atoms with Gasteiger partial charge in [-0.15, -0.1) is 0 Å². The molecule has 1 N–H and O–H groups in total. The van der Waals surface area contributed by atoms with Crippen LogP contribution in [0.15, 0.2) is 63.7 Å². The molecule has 20 heavy (non-hydrogen) atoms. The molecule has 0 aliphatic heterocycles. The molecule has 6 nitrogen and oxygen atoms in total. The van der Waals surface area contributed by atoms with Crippen LogP contribution >= 0.6 is 0 Å². The minimum atomic E-state index is -4.44. The van der Waals surface area contributed by atoms with Gasteiger partial charge >= 0.3 is 29.6 Å². The van der Waals surface area contributed by atoms with Crippen molar-refractivity contribution >= 4 is 21.5 Å². The van der Waals surface area contributed by atoms with Crippen LogP contribution in [0.4, 0.5) is 11.4 Å². The van der Waals surface area contributed by atoms with Gasteiger partial charge in [0.2, 0.25) is 0 Å². The van der Waals surface area contributed by atoms with Crippen LogP contribution in [0, 0.1) is 0 Å². The Hall–Kier alpha value is -1.25. The molecule has 8 heteroatoms. The first-order chi connectivity index (χ1) is 8.95. The van der Waals surface area contributed by atoms with E-state index < -0.39 is 10.1 Å². The van der Waals surface area contributed by atoms with Crippen molar-refractivity contribution in [2.24, 2.45) is 10.2 Å². The molecule has 0 aliphatic rings. The maximum atomic E-state index is 10.7. The number of aromatic hydroxyl groups is 1. The van der Waals surface area contributed by atoms with Crippen molar-refractivity contribution in [3.8, 4) is 5.75 Å². The summed E-state index contributed by atoms with van der Waals surface area (Å²) in [6.45, 7) is 0. The van der Waals surface area contributed by atoms with E-state index in [0.717, 1.165) is 0 Å². The number of hydrogen-bond donors (Lipinski definition) is 1. The van der Waals surface area contributed by atoms with Crippen molar-refractivity contribution in [3.05, 3.63) is 48.5 Å². The van der Waals surface area contributed by atoms with Gasteiger partial charge in [-0.2, -0.15) is 10.2 Å². The zero-order chi connectivity index (χ0) is 13.9. The molecule has 0 unspecified atom stereocenters. The minimum absolute atomic E-state index is 0. The summed E-state index contributed by atoms with van der Waals surface area (Å²) in [5.41, 5.74) is 0.957. The predicted octanol–water partition coefficient (Wildman–Crippen LogP) is -0.284. The van der Waals surface area contributed by atoms with Gasteiger partial charge < -0.3 is 9.66 Å². The zero-order valence-corrected chi connectivity index (χ0v) is 13.4. The van der Waals surface area contributed by atoms with E-state index in [1.165, 1.54) is 36.4 Å². The van der Waals surface area contributed by atoms with E-state index in [1.54, 1.807) is 12.1 Å². The first-order valence-electron chi connectivity index (χ1n) is 5.22. The largest absolute Gasteiger partial charge is 1.00 e. The van der Waals surface area contributed by atoms with Crippen molar-refractivity contribution in [3.63, 3.8) is 0 Å². The fraction of sp³-hybridized carbons (Fsp3) is 0. The van der Waals surface area contributed by atoms with Crippen molar-refractivity contribution < 1.29 is 47.6 Å². The van der Waals surface area contributed by atoms with E-state index in [-0.39, 0.29) is 40.2 Å². The molecular formula is C12H9N2NaO4S. The molecule has 2 rings (SSSR count). The second-order valence-corrected chi connectivity index (χ2v) is 5.04. The number of benzene rings is 2. The Morgan fingerprint density at radius 1 is 0.850 bits per heavy atom. The van der Waals surface area contributed by atoms with Gasteiger partial charge in [-0.25, -0.2) is 8.42 Å². The monoisotopic (exact) mass is 300 g/mol. The van der Waals surface area contributed by atoms with E-state index in [4.69, 9.17) is 5.11 Å². The minimum Gasteiger partial charge on any atom is -0.744 e. The summed E-state index contributed by atoms with van der Waals surface area (Å²) in [6.07, 6.45) is 0. The van der Waals surface area contributed by atoms with Gasteiger partial charge in [-0.1, -0.05) is 0 Å². The smallest absolute Gasteiger partial charge is 0.744 e. The number of phenols is 1. The fourth-order valence-corrected chi connectivity index (χ4v) is 1.78. The second-order valence-electron chi connectivity index (χ2n) is 3.66. The predicted molar refractivity (Wildman–Crippen MR) is 66.7 cm³/mol. The van der Waals surface area contributed by atoms with E-state index in [0.29, 0.717) is 11.4 Å². The van der Waals surface area contributed by atoms with Crippen LogP contribution in [0.2, 0.25) is 0 Å². The Bertz CT molecular complexity index is 697. The number of azo groups is 1.